The van der Waals surface area contributed by atoms with Crippen molar-refractivity contribution in [1.82, 2.24) is 15.0 Å². The average molecular weight is 548 g/mol. The zero-order chi connectivity index (χ0) is 25.7. The third kappa shape index (κ3) is 15.2. The monoisotopic (exact) mass is 547 g/mol. The number of aromatic nitrogens is 4. The van der Waals surface area contributed by atoms with E-state index in [1.165, 1.54) is 16.7 Å². The van der Waals surface area contributed by atoms with E-state index in [-0.39, 0.29) is 32.7 Å². The summed E-state index contributed by atoms with van der Waals surface area (Å²) in [7, 11) is 0. The Labute approximate surface area is 236 Å². The Morgan fingerprint density at radius 3 is 1.57 bits per heavy atom. The molecule has 0 bridgehead atoms. The summed E-state index contributed by atoms with van der Waals surface area (Å²) >= 11 is 0. The Hall–Kier alpha value is -2.50. The summed E-state index contributed by atoms with van der Waals surface area (Å²) in [4.78, 5) is 12.2. The number of aryl methyl sites for hydroxylation is 9. The maximum Gasteiger partial charge on any atom is 0.231 e. The molecule has 0 aliphatic rings. The van der Waals surface area contributed by atoms with Crippen LogP contribution in [0.1, 0.15) is 50.7 Å². The first-order valence-corrected chi connectivity index (χ1v) is 11.3. The van der Waals surface area contributed by atoms with Crippen LogP contribution in [-0.2, 0) is 32.7 Å². The Balaban J connectivity index is 0.000000437. The van der Waals surface area contributed by atoms with Crippen LogP contribution < -0.4 is 4.73 Å². The molecule has 0 atom stereocenters. The summed E-state index contributed by atoms with van der Waals surface area (Å²) in [5, 5.41) is 8.96. The van der Waals surface area contributed by atoms with Crippen molar-refractivity contribution in [2.45, 2.75) is 62.3 Å². The third-order valence-electron chi connectivity index (χ3n) is 4.52. The molecular weight excluding hydrogens is 509 g/mol. The van der Waals surface area contributed by atoms with E-state index in [1.54, 1.807) is 6.20 Å². The second kappa shape index (κ2) is 17.0. The van der Waals surface area contributed by atoms with Crippen LogP contribution in [-0.4, -0.2) is 20.2 Å². The molecule has 1 N–H and O–H groups in total. The first-order chi connectivity index (χ1) is 16.0. The molecule has 0 amide bonds. The zero-order valence-electron chi connectivity index (χ0n) is 22.6. The summed E-state index contributed by atoms with van der Waals surface area (Å²) in [5.41, 5.74) is 10.1. The molecule has 0 unspecified atom stereocenters. The van der Waals surface area contributed by atoms with Crippen LogP contribution in [0.15, 0.2) is 60.9 Å². The number of nitrogens with zero attached hydrogens (tertiary/aromatic N) is 4. The van der Waals surface area contributed by atoms with Gasteiger partial charge in [0.25, 0.3) is 0 Å². The van der Waals surface area contributed by atoms with Crippen molar-refractivity contribution in [3.63, 3.8) is 0 Å². The minimum Gasteiger partial charge on any atom is -0.391 e. The van der Waals surface area contributed by atoms with Crippen molar-refractivity contribution in [3.8, 4) is 0 Å². The fourth-order valence-electron chi connectivity index (χ4n) is 3.12. The van der Waals surface area contributed by atoms with E-state index in [9.17, 15) is 0 Å². The Bertz CT molecular complexity index is 1050. The molecule has 4 aromatic heterocycles. The molecule has 0 fully saturated rings. The minimum absolute atomic E-state index is 0. The molecule has 5 nitrogen and oxygen atoms in total. The van der Waals surface area contributed by atoms with Crippen molar-refractivity contribution in [3.05, 3.63) is 118 Å². The van der Waals surface area contributed by atoms with Crippen LogP contribution in [0.2, 0.25) is 0 Å². The van der Waals surface area contributed by atoms with Gasteiger partial charge in [0.1, 0.15) is 0 Å². The summed E-state index contributed by atoms with van der Waals surface area (Å²) in [6.45, 7) is 18.0. The van der Waals surface area contributed by atoms with Gasteiger partial charge in [0.15, 0.2) is 0 Å². The predicted octanol–water partition coefficient (Wildman–Crippen LogP) is 6.03. The molecule has 0 spiro atoms. The van der Waals surface area contributed by atoms with Gasteiger partial charge in [-0.25, -0.2) is 0 Å². The fraction of sp³-hybridized carbons (Fsp3) is 0.310. The van der Waals surface area contributed by atoms with E-state index in [0.717, 1.165) is 38.8 Å². The third-order valence-corrected chi connectivity index (χ3v) is 4.52. The Kier molecular flexibility index (Phi) is 15.8. The normalized spacial score (nSPS) is 9.17. The van der Waals surface area contributed by atoms with Crippen LogP contribution in [0.4, 0.5) is 0 Å². The molecule has 6 heteroatoms. The van der Waals surface area contributed by atoms with E-state index in [4.69, 9.17) is 5.21 Å². The summed E-state index contributed by atoms with van der Waals surface area (Å²) < 4.78 is 1.10. The maximum absolute atomic E-state index is 8.96. The van der Waals surface area contributed by atoms with Gasteiger partial charge in [-0.15, -0.1) is 6.07 Å². The fourth-order valence-corrected chi connectivity index (χ4v) is 3.12. The molecule has 0 aromatic carbocycles. The molecule has 0 saturated heterocycles. The van der Waals surface area contributed by atoms with Crippen molar-refractivity contribution in [2.75, 3.05) is 0 Å². The van der Waals surface area contributed by atoms with Crippen LogP contribution in [0.3, 0.4) is 0 Å². The summed E-state index contributed by atoms with van der Waals surface area (Å²) in [6, 6.07) is 15.9. The van der Waals surface area contributed by atoms with Gasteiger partial charge in [0.05, 0.1) is 0 Å². The van der Waals surface area contributed by atoms with Crippen LogP contribution in [0.25, 0.3) is 0 Å². The van der Waals surface area contributed by atoms with E-state index in [2.05, 4.69) is 53.2 Å². The van der Waals surface area contributed by atoms with Gasteiger partial charge >= 0.3 is 0 Å². The van der Waals surface area contributed by atoms with Gasteiger partial charge in [-0.05, 0) is 82.5 Å². The molecule has 0 aliphatic heterocycles. The van der Waals surface area contributed by atoms with Crippen molar-refractivity contribution in [1.29, 1.82) is 0 Å². The van der Waals surface area contributed by atoms with Crippen molar-refractivity contribution >= 4 is 0 Å². The van der Waals surface area contributed by atoms with Gasteiger partial charge in [-0.2, -0.15) is 11.6 Å². The topological polar surface area (TPSA) is 62.8 Å². The first kappa shape index (κ1) is 32.5. The Morgan fingerprint density at radius 1 is 0.657 bits per heavy atom. The van der Waals surface area contributed by atoms with Crippen molar-refractivity contribution < 1.29 is 42.6 Å². The van der Waals surface area contributed by atoms with E-state index < -0.39 is 0 Å². The van der Waals surface area contributed by atoms with E-state index in [0.29, 0.717) is 0 Å². The average Bonchev–Trinajstić information content (AvgIpc) is 2.71. The zero-order valence-corrected chi connectivity index (χ0v) is 25.4. The largest absolute Gasteiger partial charge is 0.391 e. The summed E-state index contributed by atoms with van der Waals surface area (Å²) in [6.07, 6.45) is 6.23. The van der Waals surface area contributed by atoms with Crippen LogP contribution in [0, 0.1) is 68.5 Å². The molecule has 4 aromatic rings. The van der Waals surface area contributed by atoms with Gasteiger partial charge in [0, 0.05) is 79.8 Å². The number of hydrogen-bond donors (Lipinski definition) is 1. The second-order valence-corrected chi connectivity index (χ2v) is 8.51. The van der Waals surface area contributed by atoms with Crippen LogP contribution in [0.5, 0.6) is 0 Å². The molecule has 4 heterocycles. The maximum atomic E-state index is 8.96. The molecule has 0 aliphatic carbocycles. The molecule has 1 radical (unpaired) electrons. The molecule has 0 saturated carbocycles. The molecule has 183 valence electrons. The predicted molar refractivity (Wildman–Crippen MR) is 138 cm³/mol. The van der Waals surface area contributed by atoms with Crippen LogP contribution >= 0.6 is 0 Å². The molecular formula is C29H38N4OY. The van der Waals surface area contributed by atoms with Crippen molar-refractivity contribution in [2.24, 2.45) is 0 Å². The van der Waals surface area contributed by atoms with Gasteiger partial charge < -0.3 is 4.98 Å². The van der Waals surface area contributed by atoms with Gasteiger partial charge in [0.2, 0.25) is 11.9 Å². The van der Waals surface area contributed by atoms with E-state index >= 15 is 0 Å². The molecule has 4 rings (SSSR count). The quantitative estimate of drug-likeness (QED) is 0.166. The SMILES string of the molecule is Cc1c[c-]nc(C)c1.Cc1cc(C)nc(C)c1.Cc1cc[n+](O)c(C)c1.Cc1ccnc(C)c1.[Y]. The van der Waals surface area contributed by atoms with Gasteiger partial charge in [-0.3, -0.25) is 15.2 Å². The number of rotatable bonds is 0. The number of hydrogen-bond acceptors (Lipinski definition) is 4. The standard InChI is InChI=1S/C8H11N.C7H10NO.C7H9N.C7H8N.Y/c1-6-4-7(2)9-8(3)5-6;1-6-3-4-8(9)7(2)5-6;2*1-6-3-4-8-7(2)5-6;/h4-5H,1-3H3;3-5,9H,1-2H3;3-5H,1-2H3;3,5H,1-2H3;/q;+1;;-1;. The smallest absolute Gasteiger partial charge is 0.231 e. The van der Waals surface area contributed by atoms with Gasteiger partial charge in [-0.1, -0.05) is 25.7 Å². The molecule has 35 heavy (non-hydrogen) atoms. The van der Waals surface area contributed by atoms with E-state index in [1.807, 2.05) is 85.0 Å². The first-order valence-electron chi connectivity index (χ1n) is 11.3. The second-order valence-electron chi connectivity index (χ2n) is 8.51. The minimum atomic E-state index is 0. The number of pyridine rings is 4. The Morgan fingerprint density at radius 2 is 1.20 bits per heavy atom. The summed E-state index contributed by atoms with van der Waals surface area (Å²) in [5.74, 6) is 0.